The van der Waals surface area contributed by atoms with E-state index in [2.05, 4.69) is 12.1 Å². The van der Waals surface area contributed by atoms with E-state index >= 15 is 0 Å². The Morgan fingerprint density at radius 2 is 1.76 bits per heavy atom. The molecule has 3 heteroatoms. The van der Waals surface area contributed by atoms with Crippen molar-refractivity contribution in [2.24, 2.45) is 0 Å². The maximum absolute atomic E-state index is 12.1. The van der Waals surface area contributed by atoms with Gasteiger partial charge in [0.15, 0.2) is 0 Å². The first-order valence-electron chi connectivity index (χ1n) is 8.14. The molecule has 114 valence electrons. The number of carboxylic acids is 1. The minimum Gasteiger partial charge on any atom is -0.481 e. The maximum Gasteiger partial charge on any atom is 0.314 e. The van der Waals surface area contributed by atoms with Crippen molar-refractivity contribution in [3.63, 3.8) is 0 Å². The molecule has 1 saturated carbocycles. The van der Waals surface area contributed by atoms with Gasteiger partial charge in [0, 0.05) is 13.2 Å². The van der Waals surface area contributed by atoms with Gasteiger partial charge in [0.1, 0.15) is 0 Å². The van der Waals surface area contributed by atoms with Crippen LogP contribution in [0.1, 0.15) is 62.0 Å². The molecule has 1 aromatic carbocycles. The Labute approximate surface area is 126 Å². The third kappa shape index (κ3) is 2.71. The molecule has 3 rings (SSSR count). The summed E-state index contributed by atoms with van der Waals surface area (Å²) in [6.45, 7) is 1.58. The van der Waals surface area contributed by atoms with Crippen LogP contribution in [0.25, 0.3) is 0 Å². The zero-order chi connectivity index (χ0) is 14.7. The lowest BCUT2D eigenvalue weighted by atomic mass is 9.66. The molecule has 1 saturated heterocycles. The van der Waals surface area contributed by atoms with Crippen LogP contribution in [0.4, 0.5) is 0 Å². The minimum absolute atomic E-state index is 0.452. The summed E-state index contributed by atoms with van der Waals surface area (Å²) >= 11 is 0. The molecule has 1 aliphatic heterocycles. The van der Waals surface area contributed by atoms with Crippen LogP contribution >= 0.6 is 0 Å². The fourth-order valence-corrected chi connectivity index (χ4v) is 4.05. The minimum atomic E-state index is -0.660. The van der Waals surface area contributed by atoms with Crippen molar-refractivity contribution in [2.45, 2.75) is 56.3 Å². The van der Waals surface area contributed by atoms with Gasteiger partial charge in [0.05, 0.1) is 5.41 Å². The zero-order valence-electron chi connectivity index (χ0n) is 12.5. The van der Waals surface area contributed by atoms with Crippen LogP contribution in [0.15, 0.2) is 24.3 Å². The summed E-state index contributed by atoms with van der Waals surface area (Å²) in [6.07, 6.45) is 6.78. The van der Waals surface area contributed by atoms with Crippen molar-refractivity contribution in [3.05, 3.63) is 35.4 Å². The fourth-order valence-electron chi connectivity index (χ4n) is 4.05. The number of hydrogen-bond donors (Lipinski definition) is 1. The average molecular weight is 288 g/mol. The molecule has 0 radical (unpaired) electrons. The van der Waals surface area contributed by atoms with Crippen LogP contribution < -0.4 is 0 Å². The Kier molecular flexibility index (Phi) is 4.29. The smallest absolute Gasteiger partial charge is 0.314 e. The molecule has 0 aromatic heterocycles. The van der Waals surface area contributed by atoms with Gasteiger partial charge < -0.3 is 9.84 Å². The standard InChI is InChI=1S/C18H24O3/c19-17(20)18(10-4-1-5-11-18)16-7-3-2-6-15(16)14-8-12-21-13-9-14/h2-3,6-7,14H,1,4-5,8-13H2,(H,19,20). The predicted octanol–water partition coefficient (Wildman–Crippen LogP) is 3.87. The fraction of sp³-hybridized carbons (Fsp3) is 0.611. The molecule has 2 aliphatic rings. The Morgan fingerprint density at radius 3 is 2.43 bits per heavy atom. The van der Waals surface area contributed by atoms with E-state index in [0.717, 1.165) is 63.7 Å². The van der Waals surface area contributed by atoms with Gasteiger partial charge >= 0.3 is 5.97 Å². The summed E-state index contributed by atoms with van der Waals surface area (Å²) < 4.78 is 5.46. The van der Waals surface area contributed by atoms with Crippen LogP contribution in [0.3, 0.4) is 0 Å². The van der Waals surface area contributed by atoms with Gasteiger partial charge in [-0.3, -0.25) is 4.79 Å². The van der Waals surface area contributed by atoms with Gasteiger partial charge in [0.2, 0.25) is 0 Å². The first kappa shape index (κ1) is 14.6. The molecular formula is C18H24O3. The van der Waals surface area contributed by atoms with Crippen LogP contribution in [-0.4, -0.2) is 24.3 Å². The molecule has 1 aromatic rings. The highest BCUT2D eigenvalue weighted by atomic mass is 16.5. The number of carbonyl (C=O) groups is 1. The zero-order valence-corrected chi connectivity index (χ0v) is 12.5. The monoisotopic (exact) mass is 288 g/mol. The SMILES string of the molecule is O=C(O)C1(c2ccccc2C2CCOCC2)CCCCC1. The number of benzene rings is 1. The number of hydrogen-bond acceptors (Lipinski definition) is 2. The van der Waals surface area contributed by atoms with Crippen molar-refractivity contribution in [2.75, 3.05) is 13.2 Å². The second-order valence-electron chi connectivity index (χ2n) is 6.42. The van der Waals surface area contributed by atoms with Gasteiger partial charge in [-0.25, -0.2) is 0 Å². The third-order valence-corrected chi connectivity index (χ3v) is 5.25. The van der Waals surface area contributed by atoms with E-state index in [9.17, 15) is 9.90 Å². The lowest BCUT2D eigenvalue weighted by Gasteiger charge is -2.37. The second kappa shape index (κ2) is 6.18. The number of carboxylic acid groups (broad SMARTS) is 1. The van der Waals surface area contributed by atoms with Gasteiger partial charge in [-0.05, 0) is 42.7 Å². The Balaban J connectivity index is 2.01. The van der Waals surface area contributed by atoms with Crippen LogP contribution in [0.2, 0.25) is 0 Å². The summed E-state index contributed by atoms with van der Waals surface area (Å²) in [6, 6.07) is 8.25. The predicted molar refractivity (Wildman–Crippen MR) is 81.6 cm³/mol. The maximum atomic E-state index is 12.1. The van der Waals surface area contributed by atoms with E-state index in [1.807, 2.05) is 12.1 Å². The summed E-state index contributed by atoms with van der Waals surface area (Å²) in [4.78, 5) is 12.1. The van der Waals surface area contributed by atoms with E-state index in [0.29, 0.717) is 5.92 Å². The average Bonchev–Trinajstić information content (AvgIpc) is 2.56. The normalized spacial score (nSPS) is 22.9. The summed E-state index contributed by atoms with van der Waals surface area (Å²) in [5, 5.41) is 9.94. The van der Waals surface area contributed by atoms with Crippen molar-refractivity contribution in [1.82, 2.24) is 0 Å². The summed E-state index contributed by atoms with van der Waals surface area (Å²) in [7, 11) is 0. The molecule has 1 N–H and O–H groups in total. The molecule has 0 atom stereocenters. The molecular weight excluding hydrogens is 264 g/mol. The molecule has 1 heterocycles. The van der Waals surface area contributed by atoms with Gasteiger partial charge in [-0.15, -0.1) is 0 Å². The lowest BCUT2D eigenvalue weighted by molar-refractivity contribution is -0.145. The quantitative estimate of drug-likeness (QED) is 0.918. The number of ether oxygens (including phenoxy) is 1. The Morgan fingerprint density at radius 1 is 1.10 bits per heavy atom. The van der Waals surface area contributed by atoms with Crippen molar-refractivity contribution in [1.29, 1.82) is 0 Å². The van der Waals surface area contributed by atoms with Gasteiger partial charge in [-0.2, -0.15) is 0 Å². The number of aliphatic carboxylic acids is 1. The van der Waals surface area contributed by atoms with Crippen LogP contribution in [0.5, 0.6) is 0 Å². The largest absolute Gasteiger partial charge is 0.481 e. The molecule has 0 bridgehead atoms. The summed E-state index contributed by atoms with van der Waals surface area (Å²) in [5.74, 6) is -0.185. The molecule has 21 heavy (non-hydrogen) atoms. The molecule has 0 amide bonds. The van der Waals surface area contributed by atoms with Crippen molar-refractivity contribution in [3.8, 4) is 0 Å². The van der Waals surface area contributed by atoms with Crippen LogP contribution in [-0.2, 0) is 14.9 Å². The molecule has 2 fully saturated rings. The van der Waals surface area contributed by atoms with E-state index in [4.69, 9.17) is 4.74 Å². The molecule has 0 spiro atoms. The molecule has 1 aliphatic carbocycles. The first-order valence-corrected chi connectivity index (χ1v) is 8.14. The van der Waals surface area contributed by atoms with E-state index in [1.165, 1.54) is 5.56 Å². The van der Waals surface area contributed by atoms with Crippen molar-refractivity contribution >= 4 is 5.97 Å². The number of rotatable bonds is 3. The highest BCUT2D eigenvalue weighted by Crippen LogP contribution is 2.44. The van der Waals surface area contributed by atoms with Crippen molar-refractivity contribution < 1.29 is 14.6 Å². The van der Waals surface area contributed by atoms with Gasteiger partial charge in [-0.1, -0.05) is 43.5 Å². The first-order chi connectivity index (χ1) is 10.2. The Hall–Kier alpha value is -1.35. The van der Waals surface area contributed by atoms with E-state index in [-0.39, 0.29) is 0 Å². The van der Waals surface area contributed by atoms with E-state index < -0.39 is 11.4 Å². The van der Waals surface area contributed by atoms with Gasteiger partial charge in [0.25, 0.3) is 0 Å². The molecule has 3 nitrogen and oxygen atoms in total. The highest BCUT2D eigenvalue weighted by Gasteiger charge is 2.43. The van der Waals surface area contributed by atoms with Crippen LogP contribution in [0, 0.1) is 0 Å². The molecule has 0 unspecified atom stereocenters. The highest BCUT2D eigenvalue weighted by molar-refractivity contribution is 5.82. The van der Waals surface area contributed by atoms with E-state index in [1.54, 1.807) is 0 Å². The second-order valence-corrected chi connectivity index (χ2v) is 6.42. The third-order valence-electron chi connectivity index (χ3n) is 5.25. The summed E-state index contributed by atoms with van der Waals surface area (Å²) in [5.41, 5.74) is 1.67. The topological polar surface area (TPSA) is 46.5 Å². The lowest BCUT2D eigenvalue weighted by Crippen LogP contribution is -2.39. The Bertz CT molecular complexity index is 497.